The molecule has 6 heteroatoms. The van der Waals surface area contributed by atoms with Crippen molar-refractivity contribution in [1.82, 2.24) is 10.3 Å². The highest BCUT2D eigenvalue weighted by molar-refractivity contribution is 9.10. The molecule has 1 fully saturated rings. The fourth-order valence-electron chi connectivity index (χ4n) is 2.20. The summed E-state index contributed by atoms with van der Waals surface area (Å²) in [5, 5.41) is 6.26. The zero-order valence-electron chi connectivity index (χ0n) is 11.3. The van der Waals surface area contributed by atoms with Gasteiger partial charge in [0.05, 0.1) is 12.7 Å². The second kappa shape index (κ2) is 6.51. The Hall–Kier alpha value is -1.50. The van der Waals surface area contributed by atoms with E-state index >= 15 is 0 Å². The Kier molecular flexibility index (Phi) is 4.48. The van der Waals surface area contributed by atoms with Crippen molar-refractivity contribution in [1.29, 1.82) is 0 Å². The van der Waals surface area contributed by atoms with Crippen LogP contribution in [0.3, 0.4) is 0 Å². The van der Waals surface area contributed by atoms with E-state index in [1.54, 1.807) is 6.20 Å². The minimum atomic E-state index is -0.395. The Morgan fingerprint density at radius 3 is 2.81 bits per heavy atom. The smallest absolute Gasteiger partial charge is 0.166 e. The molecule has 2 aromatic rings. The van der Waals surface area contributed by atoms with Crippen molar-refractivity contribution in [3.05, 3.63) is 52.4 Å². The fourth-order valence-corrected chi connectivity index (χ4v) is 2.51. The monoisotopic (exact) mass is 351 g/mol. The van der Waals surface area contributed by atoms with Crippen LogP contribution >= 0.6 is 15.9 Å². The maximum absolute atomic E-state index is 13.7. The SMILES string of the molecule is Fc1cc(Br)cnc1Nc1ccc(C2CNCCO2)cc1. The number of hydrogen-bond donors (Lipinski definition) is 2. The molecule has 21 heavy (non-hydrogen) atoms. The Morgan fingerprint density at radius 1 is 1.33 bits per heavy atom. The van der Waals surface area contributed by atoms with Gasteiger partial charge in [-0.1, -0.05) is 12.1 Å². The summed E-state index contributed by atoms with van der Waals surface area (Å²) in [4.78, 5) is 4.02. The van der Waals surface area contributed by atoms with Gasteiger partial charge in [-0.2, -0.15) is 0 Å². The number of rotatable bonds is 3. The average Bonchev–Trinajstić information content (AvgIpc) is 2.52. The summed E-state index contributed by atoms with van der Waals surface area (Å²) in [7, 11) is 0. The van der Waals surface area contributed by atoms with Crippen LogP contribution in [0.25, 0.3) is 0 Å². The van der Waals surface area contributed by atoms with Crippen molar-refractivity contribution >= 4 is 27.4 Å². The van der Waals surface area contributed by atoms with E-state index in [2.05, 4.69) is 31.5 Å². The third-order valence-electron chi connectivity index (χ3n) is 3.28. The molecule has 0 amide bonds. The highest BCUT2D eigenvalue weighted by atomic mass is 79.9. The lowest BCUT2D eigenvalue weighted by molar-refractivity contribution is 0.0277. The minimum absolute atomic E-state index is 0.0790. The second-order valence-electron chi connectivity index (χ2n) is 4.79. The molecule has 1 aromatic carbocycles. The number of nitrogens with zero attached hydrogens (tertiary/aromatic N) is 1. The summed E-state index contributed by atoms with van der Waals surface area (Å²) in [6.45, 7) is 2.43. The molecule has 1 unspecified atom stereocenters. The number of aromatic nitrogens is 1. The highest BCUT2D eigenvalue weighted by Crippen LogP contribution is 2.24. The second-order valence-corrected chi connectivity index (χ2v) is 5.71. The first-order chi connectivity index (χ1) is 10.2. The van der Waals surface area contributed by atoms with E-state index < -0.39 is 5.82 Å². The summed E-state index contributed by atoms with van der Waals surface area (Å²) in [5.41, 5.74) is 1.90. The number of pyridine rings is 1. The molecule has 1 saturated heterocycles. The van der Waals surface area contributed by atoms with Gasteiger partial charge in [0.2, 0.25) is 0 Å². The van der Waals surface area contributed by atoms with Gasteiger partial charge in [-0.3, -0.25) is 0 Å². The van der Waals surface area contributed by atoms with Crippen LogP contribution in [0.1, 0.15) is 11.7 Å². The largest absolute Gasteiger partial charge is 0.371 e. The molecular weight excluding hydrogens is 337 g/mol. The van der Waals surface area contributed by atoms with Crippen LogP contribution in [0.2, 0.25) is 0 Å². The fraction of sp³-hybridized carbons (Fsp3) is 0.267. The molecule has 1 aliphatic heterocycles. The van der Waals surface area contributed by atoms with Crippen molar-refractivity contribution in [2.75, 3.05) is 25.0 Å². The van der Waals surface area contributed by atoms with E-state index in [-0.39, 0.29) is 11.9 Å². The number of nitrogens with one attached hydrogen (secondary N) is 2. The zero-order chi connectivity index (χ0) is 14.7. The number of anilines is 2. The number of hydrogen-bond acceptors (Lipinski definition) is 4. The summed E-state index contributed by atoms with van der Waals surface area (Å²) in [6, 6.07) is 9.14. The van der Waals surface area contributed by atoms with Crippen molar-refractivity contribution in [2.24, 2.45) is 0 Å². The molecule has 1 aromatic heterocycles. The highest BCUT2D eigenvalue weighted by Gasteiger charge is 2.15. The van der Waals surface area contributed by atoms with Crippen LogP contribution in [0.4, 0.5) is 15.9 Å². The van der Waals surface area contributed by atoms with Crippen molar-refractivity contribution in [2.45, 2.75) is 6.10 Å². The lowest BCUT2D eigenvalue weighted by Crippen LogP contribution is -2.33. The summed E-state index contributed by atoms with van der Waals surface area (Å²) in [5.74, 6) is -0.185. The van der Waals surface area contributed by atoms with E-state index in [0.717, 1.165) is 30.9 Å². The Balaban J connectivity index is 1.71. The standard InChI is InChI=1S/C15H15BrFN3O/c16-11-7-13(17)15(19-8-11)20-12-3-1-10(2-4-12)14-9-18-5-6-21-14/h1-4,7-8,14,18H,5-6,9H2,(H,19,20). The molecule has 0 aliphatic carbocycles. The molecule has 0 spiro atoms. The molecule has 0 bridgehead atoms. The van der Waals surface area contributed by atoms with Gasteiger partial charge in [0, 0.05) is 29.4 Å². The van der Waals surface area contributed by atoms with Crippen LogP contribution in [-0.4, -0.2) is 24.7 Å². The van der Waals surface area contributed by atoms with Crippen LogP contribution in [-0.2, 0) is 4.74 Å². The summed E-state index contributed by atoms with van der Waals surface area (Å²) in [6.07, 6.45) is 1.64. The van der Waals surface area contributed by atoms with Crippen molar-refractivity contribution < 1.29 is 9.13 Å². The maximum Gasteiger partial charge on any atom is 0.166 e. The number of benzene rings is 1. The first-order valence-electron chi connectivity index (χ1n) is 6.73. The first-order valence-corrected chi connectivity index (χ1v) is 7.52. The number of morpholine rings is 1. The molecule has 1 atom stereocenters. The van der Waals surface area contributed by atoms with E-state index in [9.17, 15) is 4.39 Å². The summed E-state index contributed by atoms with van der Waals surface area (Å²) >= 11 is 3.19. The Morgan fingerprint density at radius 2 is 2.14 bits per heavy atom. The lowest BCUT2D eigenvalue weighted by atomic mass is 10.1. The third kappa shape index (κ3) is 3.58. The van der Waals surface area contributed by atoms with Gasteiger partial charge in [-0.15, -0.1) is 0 Å². The number of ether oxygens (including phenoxy) is 1. The van der Waals surface area contributed by atoms with E-state index in [4.69, 9.17) is 4.74 Å². The molecule has 110 valence electrons. The average molecular weight is 352 g/mol. The molecule has 2 heterocycles. The van der Waals surface area contributed by atoms with Crippen molar-refractivity contribution in [3.63, 3.8) is 0 Å². The third-order valence-corrected chi connectivity index (χ3v) is 3.71. The topological polar surface area (TPSA) is 46.2 Å². The van der Waals surface area contributed by atoms with Crippen LogP contribution in [0.5, 0.6) is 0 Å². The molecule has 0 saturated carbocycles. The van der Waals surface area contributed by atoms with Gasteiger partial charge < -0.3 is 15.4 Å². The lowest BCUT2D eigenvalue weighted by Gasteiger charge is -2.24. The number of halogens is 2. The maximum atomic E-state index is 13.7. The molecule has 4 nitrogen and oxygen atoms in total. The van der Waals surface area contributed by atoms with Gasteiger partial charge >= 0.3 is 0 Å². The Bertz CT molecular complexity index is 615. The van der Waals surface area contributed by atoms with Crippen LogP contribution < -0.4 is 10.6 Å². The van der Waals surface area contributed by atoms with E-state index in [1.807, 2.05) is 24.3 Å². The van der Waals surface area contributed by atoms with Gasteiger partial charge in [0.1, 0.15) is 0 Å². The van der Waals surface area contributed by atoms with Gasteiger partial charge in [0.15, 0.2) is 11.6 Å². The first kappa shape index (κ1) is 14.4. The molecule has 3 rings (SSSR count). The van der Waals surface area contributed by atoms with Crippen LogP contribution in [0, 0.1) is 5.82 Å². The quantitative estimate of drug-likeness (QED) is 0.889. The predicted octanol–water partition coefficient (Wildman–Crippen LogP) is 3.39. The minimum Gasteiger partial charge on any atom is -0.371 e. The van der Waals surface area contributed by atoms with E-state index in [1.165, 1.54) is 6.07 Å². The molecular formula is C15H15BrFN3O. The molecule has 2 N–H and O–H groups in total. The van der Waals surface area contributed by atoms with Gasteiger partial charge in [0.25, 0.3) is 0 Å². The predicted molar refractivity (Wildman–Crippen MR) is 83.2 cm³/mol. The normalized spacial score (nSPS) is 18.5. The van der Waals surface area contributed by atoms with E-state index in [0.29, 0.717) is 4.47 Å². The molecule has 0 radical (unpaired) electrons. The zero-order valence-corrected chi connectivity index (χ0v) is 12.9. The Labute approximate surface area is 130 Å². The van der Waals surface area contributed by atoms with Gasteiger partial charge in [-0.05, 0) is 39.7 Å². The molecule has 1 aliphatic rings. The summed E-state index contributed by atoms with van der Waals surface area (Å²) < 4.78 is 20.0. The van der Waals surface area contributed by atoms with Crippen LogP contribution in [0.15, 0.2) is 41.0 Å². The van der Waals surface area contributed by atoms with Gasteiger partial charge in [-0.25, -0.2) is 9.37 Å². The van der Waals surface area contributed by atoms with Crippen molar-refractivity contribution in [3.8, 4) is 0 Å².